The largest absolute Gasteiger partial charge is 0.412 e. The third-order valence-electron chi connectivity index (χ3n) is 0. The summed E-state index contributed by atoms with van der Waals surface area (Å²) in [5.41, 5.74) is 0. The van der Waals surface area contributed by atoms with Crippen LogP contribution >= 0.6 is 0 Å². The van der Waals surface area contributed by atoms with Gasteiger partial charge in [-0.25, -0.2) is 0 Å². The summed E-state index contributed by atoms with van der Waals surface area (Å²) in [5.74, 6) is 0. The molecule has 0 fully saturated rings. The van der Waals surface area contributed by atoms with Crippen LogP contribution in [0.5, 0.6) is 0 Å². The van der Waals surface area contributed by atoms with Gasteiger partial charge in [-0.15, -0.1) is 0 Å². The molecule has 0 amide bonds. The van der Waals surface area contributed by atoms with Crippen molar-refractivity contribution in [3.63, 3.8) is 0 Å². The molecule has 0 aliphatic heterocycles. The second-order valence-electron chi connectivity index (χ2n) is 0. The molecule has 0 aromatic heterocycles. The molecule has 0 saturated heterocycles. The molecule has 0 atom stereocenters. The van der Waals surface area contributed by atoms with Crippen LogP contribution in [-0.2, 0) is 58.9 Å². The van der Waals surface area contributed by atoms with Crippen molar-refractivity contribution < 1.29 is 100.0 Å². The van der Waals surface area contributed by atoms with Gasteiger partial charge < -0.3 is 5.48 Å². The Morgan fingerprint density at radius 3 is 1.00 bits per heavy atom. The molecule has 4 heavy (non-hydrogen) atoms. The van der Waals surface area contributed by atoms with Gasteiger partial charge in [-0.1, -0.05) is 0 Å². The molecule has 0 saturated carbocycles. The van der Waals surface area contributed by atoms with Gasteiger partial charge >= 0.3 is 0 Å². The zero-order valence-corrected chi connectivity index (χ0v) is 11.1. The Morgan fingerprint density at radius 1 is 1.00 bits per heavy atom. The molecule has 0 unspecified atom stereocenters. The van der Waals surface area contributed by atoms with Gasteiger partial charge in [-0.3, -0.25) is 0 Å². The quantitative estimate of drug-likeness (QED) is 0.553. The zero-order chi connectivity index (χ0) is 0. The Morgan fingerprint density at radius 2 is 1.00 bits per heavy atom. The monoisotopic (exact) mass is 336 g/mol. The third-order valence-corrected chi connectivity index (χ3v) is 0. The van der Waals surface area contributed by atoms with Crippen molar-refractivity contribution in [3.05, 3.63) is 0 Å². The van der Waals surface area contributed by atoms with E-state index in [1.165, 1.54) is 0 Å². The minimum absolute atomic E-state index is 0. The van der Waals surface area contributed by atoms with Gasteiger partial charge in [0.1, 0.15) is 0 Å². The Labute approximate surface area is 97.6 Å². The minimum Gasteiger partial charge on any atom is -0.412 e. The van der Waals surface area contributed by atoms with E-state index >= 15 is 0 Å². The first-order valence-corrected chi connectivity index (χ1v) is 0. The van der Waals surface area contributed by atoms with Crippen molar-refractivity contribution >= 4 is 0 Å². The average molecular weight is 337 g/mol. The molecule has 0 heterocycles. The normalized spacial score (nSPS) is 0. The standard InChI is InChI=1S/La.H2O.Y.Zr/h;1H2;;. The van der Waals surface area contributed by atoms with Crippen molar-refractivity contribution in [2.75, 3.05) is 0 Å². The predicted octanol–water partition coefficient (Wildman–Crippen LogP) is -0.830. The second kappa shape index (κ2) is 16.5. The van der Waals surface area contributed by atoms with Crippen LogP contribution in [0.3, 0.4) is 0 Å². The maximum Gasteiger partial charge on any atom is 0 e. The minimum atomic E-state index is 0. The summed E-state index contributed by atoms with van der Waals surface area (Å²) >= 11 is 0. The molecule has 0 aliphatic rings. The van der Waals surface area contributed by atoms with E-state index in [1.807, 2.05) is 0 Å². The molecule has 0 rings (SSSR count). The van der Waals surface area contributed by atoms with Gasteiger partial charge in [0.05, 0.1) is 0 Å². The fourth-order valence-corrected chi connectivity index (χ4v) is 0. The number of hydrogen-bond donors (Lipinski definition) is 0. The summed E-state index contributed by atoms with van der Waals surface area (Å²) in [5, 5.41) is 0. The first-order valence-electron chi connectivity index (χ1n) is 0. The van der Waals surface area contributed by atoms with Crippen molar-refractivity contribution in [3.8, 4) is 0 Å². The van der Waals surface area contributed by atoms with Crippen molar-refractivity contribution in [1.29, 1.82) is 0 Å². The second-order valence-corrected chi connectivity index (χ2v) is 0. The summed E-state index contributed by atoms with van der Waals surface area (Å²) in [4.78, 5) is 0. The average Bonchev–Trinajstić information content (AvgIpc) is 0. The van der Waals surface area contributed by atoms with Gasteiger partial charge in [0.2, 0.25) is 0 Å². The molecule has 4 heteroatoms. The van der Waals surface area contributed by atoms with E-state index in [-0.39, 0.29) is 100.0 Å². The van der Waals surface area contributed by atoms with Gasteiger partial charge in [-0.05, 0) is 0 Å². The summed E-state index contributed by atoms with van der Waals surface area (Å²) in [7, 11) is 0. The molecule has 0 spiro atoms. The molecule has 1 nitrogen and oxygen atoms in total. The predicted molar refractivity (Wildman–Crippen MR) is 3.61 cm³/mol. The molecule has 0 aromatic rings. The SMILES string of the molecule is O.[La].[Y].[Zr]. The molecule has 2 N–H and O–H groups in total. The van der Waals surface area contributed by atoms with Crippen LogP contribution in [0, 0.1) is 35.6 Å². The molecule has 0 aliphatic carbocycles. The fraction of sp³-hybridized carbons (Fsp3) is 0. The zero-order valence-electron chi connectivity index (χ0n) is 2.15. The fourth-order valence-electron chi connectivity index (χ4n) is 0. The number of hydrogen-bond acceptors (Lipinski definition) is 0. The molecule has 18 valence electrons. The maximum absolute atomic E-state index is 0. The number of rotatable bonds is 0. The van der Waals surface area contributed by atoms with Crippen molar-refractivity contribution in [2.24, 2.45) is 0 Å². The van der Waals surface area contributed by atoms with Crippen molar-refractivity contribution in [1.82, 2.24) is 0 Å². The molecule has 0 aromatic carbocycles. The molecular formula is H2LaOYZr. The molecular weight excluding hydrogens is 335 g/mol. The van der Waals surface area contributed by atoms with E-state index in [4.69, 9.17) is 0 Å². The molecule has 0 bridgehead atoms. The Bertz CT molecular complexity index is 8.00. The van der Waals surface area contributed by atoms with Crippen LogP contribution < -0.4 is 0 Å². The van der Waals surface area contributed by atoms with E-state index in [0.29, 0.717) is 0 Å². The Kier molecular flexibility index (Phi) is 112. The summed E-state index contributed by atoms with van der Waals surface area (Å²) in [6.07, 6.45) is 0. The van der Waals surface area contributed by atoms with Gasteiger partial charge in [0, 0.05) is 94.5 Å². The van der Waals surface area contributed by atoms with E-state index in [2.05, 4.69) is 0 Å². The van der Waals surface area contributed by atoms with Crippen molar-refractivity contribution in [2.45, 2.75) is 0 Å². The molecule has 2 radical (unpaired) electrons. The van der Waals surface area contributed by atoms with Crippen LogP contribution in [0.25, 0.3) is 0 Å². The van der Waals surface area contributed by atoms with Gasteiger partial charge in [-0.2, -0.15) is 0 Å². The first kappa shape index (κ1) is 27.3. The summed E-state index contributed by atoms with van der Waals surface area (Å²) in [6, 6.07) is 0. The third kappa shape index (κ3) is 8.94. The van der Waals surface area contributed by atoms with Gasteiger partial charge in [0.15, 0.2) is 0 Å². The van der Waals surface area contributed by atoms with E-state index < -0.39 is 0 Å². The maximum atomic E-state index is 0. The summed E-state index contributed by atoms with van der Waals surface area (Å²) in [6.45, 7) is 0. The van der Waals surface area contributed by atoms with E-state index in [0.717, 1.165) is 0 Å². The van der Waals surface area contributed by atoms with Crippen LogP contribution in [0.15, 0.2) is 0 Å². The first-order chi connectivity index (χ1) is 0. The van der Waals surface area contributed by atoms with Gasteiger partial charge in [0.25, 0.3) is 0 Å². The van der Waals surface area contributed by atoms with E-state index in [9.17, 15) is 0 Å². The van der Waals surface area contributed by atoms with E-state index in [1.54, 1.807) is 0 Å². The van der Waals surface area contributed by atoms with Crippen LogP contribution in [-0.4, -0.2) is 5.48 Å². The topological polar surface area (TPSA) is 31.5 Å². The Hall–Kier alpha value is 3.14. The van der Waals surface area contributed by atoms with Crippen LogP contribution in [0.1, 0.15) is 0 Å². The smallest absolute Gasteiger partial charge is 0 e. The Balaban J connectivity index is 0. The van der Waals surface area contributed by atoms with Crippen LogP contribution in [0.4, 0.5) is 0 Å². The summed E-state index contributed by atoms with van der Waals surface area (Å²) < 4.78 is 0. The van der Waals surface area contributed by atoms with Crippen LogP contribution in [0.2, 0.25) is 0 Å².